The van der Waals surface area contributed by atoms with Crippen molar-refractivity contribution in [2.75, 3.05) is 5.32 Å². The van der Waals surface area contributed by atoms with Crippen LogP contribution in [0, 0.1) is 5.82 Å². The second-order valence-electron chi connectivity index (χ2n) is 4.63. The van der Waals surface area contributed by atoms with E-state index in [0.717, 1.165) is 0 Å². The van der Waals surface area contributed by atoms with Crippen LogP contribution in [0.3, 0.4) is 0 Å². The van der Waals surface area contributed by atoms with Crippen LogP contribution in [0.1, 0.15) is 10.4 Å². The van der Waals surface area contributed by atoms with E-state index in [1.807, 2.05) is 0 Å². The largest absolute Gasteiger partial charge is 0.508 e. The molecule has 6 heteroatoms. The molecule has 0 aliphatic rings. The summed E-state index contributed by atoms with van der Waals surface area (Å²) >= 11 is 0. The molecule has 0 bridgehead atoms. The summed E-state index contributed by atoms with van der Waals surface area (Å²) in [4.78, 5) is 24.0. The molecular weight excluding hydrogens is 289 g/mol. The molecule has 0 saturated carbocycles. The van der Waals surface area contributed by atoms with E-state index >= 15 is 0 Å². The highest BCUT2D eigenvalue weighted by molar-refractivity contribution is 6.05. The zero-order valence-corrected chi connectivity index (χ0v) is 11.2. The van der Waals surface area contributed by atoms with Crippen molar-refractivity contribution >= 4 is 22.6 Å². The lowest BCUT2D eigenvalue weighted by atomic mass is 10.1. The fourth-order valence-corrected chi connectivity index (χ4v) is 1.99. The Morgan fingerprint density at radius 2 is 1.82 bits per heavy atom. The summed E-state index contributed by atoms with van der Waals surface area (Å²) in [5, 5.41) is 12.3. The standard InChI is InChI=1S/C16H10FNO4/c17-10-2-4-11(5-3-10)18-15(20)13-7-9-1-6-12(19)8-14(9)22-16(13)21/h1-8,19H,(H,18,20). The maximum Gasteiger partial charge on any atom is 0.349 e. The third-order valence-corrected chi connectivity index (χ3v) is 3.07. The predicted molar refractivity (Wildman–Crippen MR) is 78.5 cm³/mol. The van der Waals surface area contributed by atoms with Gasteiger partial charge in [-0.25, -0.2) is 9.18 Å². The van der Waals surface area contributed by atoms with Crippen LogP contribution in [0.15, 0.2) is 57.7 Å². The molecule has 1 amide bonds. The lowest BCUT2D eigenvalue weighted by molar-refractivity contribution is 0.102. The van der Waals surface area contributed by atoms with Crippen LogP contribution in [0.2, 0.25) is 0 Å². The molecule has 0 unspecified atom stereocenters. The molecule has 0 saturated heterocycles. The van der Waals surface area contributed by atoms with E-state index in [1.165, 1.54) is 48.5 Å². The number of aromatic hydroxyl groups is 1. The highest BCUT2D eigenvalue weighted by Crippen LogP contribution is 2.19. The van der Waals surface area contributed by atoms with Gasteiger partial charge in [-0.05, 0) is 42.5 Å². The van der Waals surface area contributed by atoms with Crippen LogP contribution in [-0.2, 0) is 0 Å². The average Bonchev–Trinajstić information content (AvgIpc) is 2.48. The SMILES string of the molecule is O=C(Nc1ccc(F)cc1)c1cc2ccc(O)cc2oc1=O. The Balaban J connectivity index is 1.96. The first-order valence-electron chi connectivity index (χ1n) is 6.37. The molecule has 0 fully saturated rings. The number of amides is 1. The number of benzene rings is 2. The highest BCUT2D eigenvalue weighted by atomic mass is 19.1. The van der Waals surface area contributed by atoms with E-state index in [9.17, 15) is 19.1 Å². The molecular formula is C16H10FNO4. The second kappa shape index (κ2) is 5.33. The molecule has 2 N–H and O–H groups in total. The molecule has 3 rings (SSSR count). The maximum atomic E-state index is 12.8. The van der Waals surface area contributed by atoms with Gasteiger partial charge in [-0.3, -0.25) is 4.79 Å². The fraction of sp³-hybridized carbons (Fsp3) is 0. The van der Waals surface area contributed by atoms with E-state index < -0.39 is 17.3 Å². The molecule has 0 spiro atoms. The second-order valence-corrected chi connectivity index (χ2v) is 4.63. The quantitative estimate of drug-likeness (QED) is 0.713. The zero-order chi connectivity index (χ0) is 15.7. The van der Waals surface area contributed by atoms with Crippen LogP contribution in [-0.4, -0.2) is 11.0 Å². The summed E-state index contributed by atoms with van der Waals surface area (Å²) in [6.07, 6.45) is 0. The van der Waals surface area contributed by atoms with Crippen LogP contribution >= 0.6 is 0 Å². The van der Waals surface area contributed by atoms with Crippen LogP contribution < -0.4 is 10.9 Å². The minimum Gasteiger partial charge on any atom is -0.508 e. The lowest BCUT2D eigenvalue weighted by Gasteiger charge is -2.05. The predicted octanol–water partition coefficient (Wildman–Crippen LogP) is 2.89. The Morgan fingerprint density at radius 3 is 2.55 bits per heavy atom. The van der Waals surface area contributed by atoms with E-state index in [1.54, 1.807) is 0 Å². The van der Waals surface area contributed by atoms with Crippen molar-refractivity contribution in [3.05, 3.63) is 70.3 Å². The number of rotatable bonds is 2. The molecule has 5 nitrogen and oxygen atoms in total. The van der Waals surface area contributed by atoms with Gasteiger partial charge in [0, 0.05) is 17.1 Å². The average molecular weight is 299 g/mol. The lowest BCUT2D eigenvalue weighted by Crippen LogP contribution is -2.20. The molecule has 22 heavy (non-hydrogen) atoms. The van der Waals surface area contributed by atoms with Gasteiger partial charge in [-0.2, -0.15) is 0 Å². The summed E-state index contributed by atoms with van der Waals surface area (Å²) in [7, 11) is 0. The number of anilines is 1. The van der Waals surface area contributed by atoms with Gasteiger partial charge in [0.1, 0.15) is 22.7 Å². The normalized spacial score (nSPS) is 10.6. The van der Waals surface area contributed by atoms with Gasteiger partial charge in [-0.15, -0.1) is 0 Å². The Hall–Kier alpha value is -3.15. The number of phenolic OH excluding ortho intramolecular Hbond substituents is 1. The monoisotopic (exact) mass is 299 g/mol. The molecule has 110 valence electrons. The number of carbonyl (C=O) groups excluding carboxylic acids is 1. The Morgan fingerprint density at radius 1 is 1.09 bits per heavy atom. The molecule has 0 radical (unpaired) electrons. The number of halogens is 1. The molecule has 0 atom stereocenters. The van der Waals surface area contributed by atoms with Gasteiger partial charge in [0.05, 0.1) is 0 Å². The van der Waals surface area contributed by atoms with Crippen molar-refractivity contribution in [1.82, 2.24) is 0 Å². The highest BCUT2D eigenvalue weighted by Gasteiger charge is 2.14. The smallest absolute Gasteiger partial charge is 0.349 e. The van der Waals surface area contributed by atoms with Crippen LogP contribution in [0.25, 0.3) is 11.0 Å². The number of phenols is 1. The first-order chi connectivity index (χ1) is 10.5. The van der Waals surface area contributed by atoms with Crippen molar-refractivity contribution < 1.29 is 18.7 Å². The van der Waals surface area contributed by atoms with Gasteiger partial charge in [0.15, 0.2) is 0 Å². The molecule has 2 aromatic carbocycles. The van der Waals surface area contributed by atoms with Gasteiger partial charge in [-0.1, -0.05) is 0 Å². The number of hydrogen-bond acceptors (Lipinski definition) is 4. The van der Waals surface area contributed by atoms with Crippen molar-refractivity contribution in [3.63, 3.8) is 0 Å². The molecule has 3 aromatic rings. The van der Waals surface area contributed by atoms with Gasteiger partial charge < -0.3 is 14.8 Å². The summed E-state index contributed by atoms with van der Waals surface area (Å²) in [5.74, 6) is -1.13. The zero-order valence-electron chi connectivity index (χ0n) is 11.2. The van der Waals surface area contributed by atoms with Gasteiger partial charge >= 0.3 is 5.63 Å². The Kier molecular flexibility index (Phi) is 3.34. The van der Waals surface area contributed by atoms with Crippen molar-refractivity contribution in [3.8, 4) is 5.75 Å². The van der Waals surface area contributed by atoms with Crippen molar-refractivity contribution in [2.45, 2.75) is 0 Å². The molecule has 1 aromatic heterocycles. The van der Waals surface area contributed by atoms with Gasteiger partial charge in [0.2, 0.25) is 0 Å². The van der Waals surface area contributed by atoms with Crippen LogP contribution in [0.4, 0.5) is 10.1 Å². The number of nitrogens with one attached hydrogen (secondary N) is 1. The van der Waals surface area contributed by atoms with Crippen molar-refractivity contribution in [2.24, 2.45) is 0 Å². The minimum atomic E-state index is -0.822. The molecule has 1 heterocycles. The van der Waals surface area contributed by atoms with E-state index in [-0.39, 0.29) is 16.9 Å². The number of hydrogen-bond donors (Lipinski definition) is 2. The van der Waals surface area contributed by atoms with Crippen molar-refractivity contribution in [1.29, 1.82) is 0 Å². The molecule has 0 aliphatic heterocycles. The van der Waals surface area contributed by atoms with Crippen LogP contribution in [0.5, 0.6) is 5.75 Å². The molecule has 0 aliphatic carbocycles. The summed E-state index contributed by atoms with van der Waals surface area (Å²) in [6.45, 7) is 0. The first-order valence-corrected chi connectivity index (χ1v) is 6.37. The summed E-state index contributed by atoms with van der Waals surface area (Å²) < 4.78 is 17.8. The van der Waals surface area contributed by atoms with Gasteiger partial charge in [0.25, 0.3) is 5.91 Å². The van der Waals surface area contributed by atoms with E-state index in [4.69, 9.17) is 4.42 Å². The topological polar surface area (TPSA) is 79.5 Å². The summed E-state index contributed by atoms with van der Waals surface area (Å²) in [5.41, 5.74) is -0.458. The Bertz CT molecular complexity index is 916. The number of fused-ring (bicyclic) bond motifs is 1. The Labute approximate surface area is 123 Å². The summed E-state index contributed by atoms with van der Waals surface area (Å²) in [6, 6.07) is 10.8. The van der Waals surface area contributed by atoms with E-state index in [2.05, 4.69) is 5.32 Å². The third-order valence-electron chi connectivity index (χ3n) is 3.07. The first kappa shape index (κ1) is 13.8. The minimum absolute atomic E-state index is 0.0424. The fourth-order valence-electron chi connectivity index (χ4n) is 1.99. The third kappa shape index (κ3) is 2.67. The van der Waals surface area contributed by atoms with E-state index in [0.29, 0.717) is 11.1 Å². The number of carbonyl (C=O) groups is 1. The maximum absolute atomic E-state index is 12.8.